The standard InChI is InChI=1S/C12H24N2O3/c1-6-10(3)13-11(15)8-14(4)7-9(2)12(16)17-5/h9-10H,6-8H2,1-5H3,(H,13,15). The second kappa shape index (κ2) is 8.06. The number of nitrogens with zero attached hydrogens (tertiary/aromatic N) is 1. The quantitative estimate of drug-likeness (QED) is 0.668. The zero-order valence-corrected chi connectivity index (χ0v) is 11.4. The fourth-order valence-electron chi connectivity index (χ4n) is 1.48. The van der Waals surface area contributed by atoms with E-state index in [0.29, 0.717) is 13.1 Å². The Morgan fingerprint density at radius 3 is 2.41 bits per heavy atom. The molecular formula is C12H24N2O3. The molecule has 0 spiro atoms. The predicted octanol–water partition coefficient (Wildman–Crippen LogP) is 0.642. The van der Waals surface area contributed by atoms with E-state index >= 15 is 0 Å². The number of hydrogen-bond acceptors (Lipinski definition) is 4. The van der Waals surface area contributed by atoms with E-state index in [1.165, 1.54) is 7.11 Å². The van der Waals surface area contributed by atoms with Crippen molar-refractivity contribution in [1.82, 2.24) is 10.2 Å². The highest BCUT2D eigenvalue weighted by Gasteiger charge is 2.17. The molecule has 0 aromatic rings. The molecule has 5 nitrogen and oxygen atoms in total. The van der Waals surface area contributed by atoms with Gasteiger partial charge in [0.25, 0.3) is 0 Å². The number of ether oxygens (including phenoxy) is 1. The summed E-state index contributed by atoms with van der Waals surface area (Å²) >= 11 is 0. The first kappa shape index (κ1) is 15.9. The number of rotatable bonds is 7. The molecule has 0 heterocycles. The molecule has 0 aliphatic rings. The van der Waals surface area contributed by atoms with Gasteiger partial charge in [-0.2, -0.15) is 0 Å². The summed E-state index contributed by atoms with van der Waals surface area (Å²) in [5.74, 6) is -0.487. The Morgan fingerprint density at radius 1 is 1.35 bits per heavy atom. The van der Waals surface area contributed by atoms with Crippen molar-refractivity contribution in [2.24, 2.45) is 5.92 Å². The van der Waals surface area contributed by atoms with Crippen LogP contribution in [0, 0.1) is 5.92 Å². The number of hydrogen-bond donors (Lipinski definition) is 1. The summed E-state index contributed by atoms with van der Waals surface area (Å²) in [6.07, 6.45) is 0.911. The molecule has 0 bridgehead atoms. The third-order valence-electron chi connectivity index (χ3n) is 2.62. The van der Waals surface area contributed by atoms with Crippen LogP contribution in [0.1, 0.15) is 27.2 Å². The van der Waals surface area contributed by atoms with Crippen LogP contribution in [0.3, 0.4) is 0 Å². The van der Waals surface area contributed by atoms with Crippen molar-refractivity contribution in [2.45, 2.75) is 33.2 Å². The van der Waals surface area contributed by atoms with Gasteiger partial charge < -0.3 is 10.1 Å². The molecule has 1 amide bonds. The first-order valence-corrected chi connectivity index (χ1v) is 5.96. The molecule has 17 heavy (non-hydrogen) atoms. The number of amides is 1. The topological polar surface area (TPSA) is 58.6 Å². The van der Waals surface area contributed by atoms with Crippen LogP contribution >= 0.6 is 0 Å². The van der Waals surface area contributed by atoms with Gasteiger partial charge in [-0.25, -0.2) is 0 Å². The molecular weight excluding hydrogens is 220 g/mol. The Morgan fingerprint density at radius 2 is 1.94 bits per heavy atom. The summed E-state index contributed by atoms with van der Waals surface area (Å²) in [5, 5.41) is 2.88. The highest BCUT2D eigenvalue weighted by molar-refractivity contribution is 5.78. The maximum absolute atomic E-state index is 11.6. The van der Waals surface area contributed by atoms with E-state index < -0.39 is 0 Å². The summed E-state index contributed by atoms with van der Waals surface area (Å²) in [6.45, 7) is 6.59. The summed E-state index contributed by atoms with van der Waals surface area (Å²) in [4.78, 5) is 24.6. The highest BCUT2D eigenvalue weighted by Crippen LogP contribution is 2.00. The van der Waals surface area contributed by atoms with Gasteiger partial charge in [0.1, 0.15) is 0 Å². The number of carbonyl (C=O) groups is 2. The van der Waals surface area contributed by atoms with Gasteiger partial charge in [-0.15, -0.1) is 0 Å². The van der Waals surface area contributed by atoms with Crippen molar-refractivity contribution in [3.63, 3.8) is 0 Å². The van der Waals surface area contributed by atoms with Crippen molar-refractivity contribution < 1.29 is 14.3 Å². The predicted molar refractivity (Wildman–Crippen MR) is 66.6 cm³/mol. The minimum atomic E-state index is -0.251. The molecule has 100 valence electrons. The third-order valence-corrected chi connectivity index (χ3v) is 2.62. The maximum atomic E-state index is 11.6. The normalized spacial score (nSPS) is 14.2. The van der Waals surface area contributed by atoms with Crippen LogP contribution in [0.15, 0.2) is 0 Å². The minimum absolute atomic E-state index is 0.0149. The first-order chi connectivity index (χ1) is 7.90. The smallest absolute Gasteiger partial charge is 0.309 e. The molecule has 0 aromatic heterocycles. The molecule has 0 radical (unpaired) electrons. The van der Waals surface area contributed by atoms with Crippen LogP contribution in [0.4, 0.5) is 0 Å². The lowest BCUT2D eigenvalue weighted by Crippen LogP contribution is -2.41. The Labute approximate surface area is 103 Å². The van der Waals surface area contributed by atoms with Crippen molar-refractivity contribution in [3.05, 3.63) is 0 Å². The monoisotopic (exact) mass is 244 g/mol. The summed E-state index contributed by atoms with van der Waals surface area (Å²) in [6, 6.07) is 0.189. The van der Waals surface area contributed by atoms with E-state index in [1.807, 2.05) is 25.8 Å². The van der Waals surface area contributed by atoms with Gasteiger partial charge in [-0.05, 0) is 20.4 Å². The minimum Gasteiger partial charge on any atom is -0.469 e. The van der Waals surface area contributed by atoms with Crippen molar-refractivity contribution in [3.8, 4) is 0 Å². The molecule has 2 unspecified atom stereocenters. The molecule has 0 saturated carbocycles. The SMILES string of the molecule is CCC(C)NC(=O)CN(C)CC(C)C(=O)OC. The van der Waals surface area contributed by atoms with E-state index in [0.717, 1.165) is 6.42 Å². The maximum Gasteiger partial charge on any atom is 0.309 e. The van der Waals surface area contributed by atoms with E-state index in [-0.39, 0.29) is 23.8 Å². The molecule has 0 aliphatic heterocycles. The number of carbonyl (C=O) groups excluding carboxylic acids is 2. The fourth-order valence-corrected chi connectivity index (χ4v) is 1.48. The molecule has 0 rings (SSSR count). The van der Waals surface area contributed by atoms with Gasteiger partial charge in [-0.1, -0.05) is 13.8 Å². The Bertz CT molecular complexity index is 256. The van der Waals surface area contributed by atoms with Crippen LogP contribution < -0.4 is 5.32 Å². The molecule has 0 fully saturated rings. The Hall–Kier alpha value is -1.10. The number of nitrogens with one attached hydrogen (secondary N) is 1. The molecule has 0 saturated heterocycles. The van der Waals surface area contributed by atoms with Gasteiger partial charge >= 0.3 is 5.97 Å². The molecule has 0 aliphatic carbocycles. The second-order valence-electron chi connectivity index (χ2n) is 4.50. The van der Waals surface area contributed by atoms with Gasteiger partial charge in [0.2, 0.25) is 5.91 Å². The summed E-state index contributed by atoms with van der Waals surface area (Å²) in [5.41, 5.74) is 0. The summed E-state index contributed by atoms with van der Waals surface area (Å²) < 4.78 is 4.63. The van der Waals surface area contributed by atoms with Crippen LogP contribution in [-0.2, 0) is 14.3 Å². The highest BCUT2D eigenvalue weighted by atomic mass is 16.5. The van der Waals surface area contributed by atoms with Crippen LogP contribution in [0.2, 0.25) is 0 Å². The lowest BCUT2D eigenvalue weighted by Gasteiger charge is -2.20. The van der Waals surface area contributed by atoms with Gasteiger partial charge in [0.15, 0.2) is 0 Å². The van der Waals surface area contributed by atoms with Crippen LogP contribution in [-0.4, -0.2) is 50.1 Å². The molecule has 0 aromatic carbocycles. The Kier molecular flexibility index (Phi) is 7.54. The molecule has 1 N–H and O–H groups in total. The number of esters is 1. The zero-order valence-electron chi connectivity index (χ0n) is 11.4. The number of methoxy groups -OCH3 is 1. The van der Waals surface area contributed by atoms with Crippen LogP contribution in [0.5, 0.6) is 0 Å². The average molecular weight is 244 g/mol. The average Bonchev–Trinajstić information content (AvgIpc) is 2.26. The lowest BCUT2D eigenvalue weighted by atomic mass is 10.2. The number of likely N-dealkylation sites (N-methyl/N-ethyl adjacent to an activating group) is 1. The fraction of sp³-hybridized carbons (Fsp3) is 0.833. The van der Waals surface area contributed by atoms with Gasteiger partial charge in [0.05, 0.1) is 19.6 Å². The lowest BCUT2D eigenvalue weighted by molar-refractivity contribution is -0.145. The zero-order chi connectivity index (χ0) is 13.4. The first-order valence-electron chi connectivity index (χ1n) is 5.96. The molecule has 2 atom stereocenters. The van der Waals surface area contributed by atoms with E-state index in [9.17, 15) is 9.59 Å². The van der Waals surface area contributed by atoms with Gasteiger partial charge in [-0.3, -0.25) is 14.5 Å². The molecule has 5 heteroatoms. The van der Waals surface area contributed by atoms with E-state index in [2.05, 4.69) is 10.1 Å². The van der Waals surface area contributed by atoms with Crippen molar-refractivity contribution in [1.29, 1.82) is 0 Å². The largest absolute Gasteiger partial charge is 0.469 e. The van der Waals surface area contributed by atoms with Gasteiger partial charge in [0, 0.05) is 12.6 Å². The van der Waals surface area contributed by atoms with Crippen molar-refractivity contribution >= 4 is 11.9 Å². The van der Waals surface area contributed by atoms with E-state index in [1.54, 1.807) is 6.92 Å². The van der Waals surface area contributed by atoms with E-state index in [4.69, 9.17) is 0 Å². The Balaban J connectivity index is 3.96. The third kappa shape index (κ3) is 6.94. The summed E-state index contributed by atoms with van der Waals surface area (Å²) in [7, 11) is 3.18. The van der Waals surface area contributed by atoms with Crippen LogP contribution in [0.25, 0.3) is 0 Å². The second-order valence-corrected chi connectivity index (χ2v) is 4.50. The van der Waals surface area contributed by atoms with Crippen molar-refractivity contribution in [2.75, 3.05) is 27.2 Å².